The minimum Gasteiger partial charge on any atom is -0.457 e. The number of sulfonamides is 1. The molecule has 0 radical (unpaired) electrons. The highest BCUT2D eigenvalue weighted by molar-refractivity contribution is 7.89. The molecule has 0 bridgehead atoms. The number of imide groups is 1. The van der Waals surface area contributed by atoms with Gasteiger partial charge in [0, 0.05) is 16.9 Å². The van der Waals surface area contributed by atoms with Gasteiger partial charge in [-0.05, 0) is 78.9 Å². The number of halogens is 1. The number of nitrogens with one attached hydrogen (secondary N) is 2. The van der Waals surface area contributed by atoms with Crippen LogP contribution in [-0.4, -0.2) is 26.1 Å². The number of primary sulfonamides is 1. The number of anilines is 3. The number of hydrogen-bond acceptors (Lipinski definition) is 7. The maximum absolute atomic E-state index is 13.2. The van der Waals surface area contributed by atoms with Crippen molar-refractivity contribution in [1.82, 2.24) is 0 Å². The number of ether oxygens (including phenoxy) is 1. The number of rotatable bonds is 8. The summed E-state index contributed by atoms with van der Waals surface area (Å²) in [5.74, 6) is -0.702. The van der Waals surface area contributed by atoms with Crippen LogP contribution < -0.4 is 25.4 Å². The van der Waals surface area contributed by atoms with Gasteiger partial charge < -0.3 is 15.4 Å². The van der Waals surface area contributed by atoms with Gasteiger partial charge in [-0.25, -0.2) is 18.5 Å². The van der Waals surface area contributed by atoms with Gasteiger partial charge in [0.15, 0.2) is 0 Å². The molecule has 5 rings (SSSR count). The molecule has 4 N–H and O–H groups in total. The summed E-state index contributed by atoms with van der Waals surface area (Å²) >= 11 is 6.26. The second kappa shape index (κ2) is 11.3. The van der Waals surface area contributed by atoms with Crippen molar-refractivity contribution in [1.29, 1.82) is 0 Å². The van der Waals surface area contributed by atoms with Crippen molar-refractivity contribution in [2.75, 3.05) is 15.5 Å². The molecular weight excluding hydrogens is 568 g/mol. The van der Waals surface area contributed by atoms with Crippen molar-refractivity contribution < 1.29 is 27.5 Å². The Labute approximate surface area is 240 Å². The Bertz CT molecular complexity index is 1790. The molecule has 0 saturated carbocycles. The summed E-state index contributed by atoms with van der Waals surface area (Å²) in [4.78, 5) is 39.7. The Hall–Kier alpha value is -4.97. The zero-order valence-corrected chi connectivity index (χ0v) is 22.6. The molecule has 4 aromatic carbocycles. The molecule has 1 aliphatic heterocycles. The van der Waals surface area contributed by atoms with Crippen LogP contribution in [0.15, 0.2) is 119 Å². The van der Waals surface area contributed by atoms with Crippen molar-refractivity contribution in [2.45, 2.75) is 4.90 Å². The van der Waals surface area contributed by atoms with Gasteiger partial charge in [0.1, 0.15) is 22.2 Å². The second-order valence-electron chi connectivity index (χ2n) is 8.77. The molecule has 0 fully saturated rings. The molecule has 3 amide bonds. The van der Waals surface area contributed by atoms with E-state index < -0.39 is 27.7 Å². The molecule has 0 aromatic heterocycles. The van der Waals surface area contributed by atoms with Crippen LogP contribution in [0.25, 0.3) is 0 Å². The van der Waals surface area contributed by atoms with E-state index in [9.17, 15) is 22.8 Å². The smallest absolute Gasteiger partial charge is 0.283 e. The van der Waals surface area contributed by atoms with Gasteiger partial charge in [-0.3, -0.25) is 14.4 Å². The van der Waals surface area contributed by atoms with E-state index in [2.05, 4.69) is 10.6 Å². The summed E-state index contributed by atoms with van der Waals surface area (Å²) in [6.45, 7) is 0. The van der Waals surface area contributed by atoms with Crippen LogP contribution in [0.1, 0.15) is 10.4 Å². The molecule has 0 aliphatic carbocycles. The predicted octanol–water partition coefficient (Wildman–Crippen LogP) is 4.81. The Morgan fingerprint density at radius 1 is 0.780 bits per heavy atom. The van der Waals surface area contributed by atoms with Crippen molar-refractivity contribution in [2.24, 2.45) is 5.14 Å². The summed E-state index contributed by atoms with van der Waals surface area (Å²) in [6.07, 6.45) is 0. The molecule has 206 valence electrons. The first kappa shape index (κ1) is 27.6. The van der Waals surface area contributed by atoms with Gasteiger partial charge in [0.25, 0.3) is 17.7 Å². The van der Waals surface area contributed by atoms with E-state index in [0.717, 1.165) is 4.90 Å². The molecule has 1 aliphatic rings. The van der Waals surface area contributed by atoms with Crippen LogP contribution in [0.3, 0.4) is 0 Å². The molecular formula is C29H21ClN4O6S. The molecule has 10 nitrogen and oxygen atoms in total. The number of para-hydroxylation sites is 1. The molecule has 41 heavy (non-hydrogen) atoms. The molecule has 0 unspecified atom stereocenters. The van der Waals surface area contributed by atoms with Crippen LogP contribution in [0.2, 0.25) is 0 Å². The van der Waals surface area contributed by atoms with E-state index in [0.29, 0.717) is 28.6 Å². The zero-order valence-electron chi connectivity index (χ0n) is 21.1. The predicted molar refractivity (Wildman–Crippen MR) is 154 cm³/mol. The SMILES string of the molecule is NS(=O)(=O)c1ccc(NC(=O)c2cccc(NC3=C(Cl)C(=O)N(c4ccc(Oc5ccccc5)cc4)C3=O)c2)cc1. The molecule has 0 spiro atoms. The highest BCUT2D eigenvalue weighted by Gasteiger charge is 2.39. The average molecular weight is 589 g/mol. The lowest BCUT2D eigenvalue weighted by Gasteiger charge is -2.16. The van der Waals surface area contributed by atoms with Crippen LogP contribution in [-0.2, 0) is 19.6 Å². The highest BCUT2D eigenvalue weighted by Crippen LogP contribution is 2.32. The number of amides is 3. The largest absolute Gasteiger partial charge is 0.457 e. The molecule has 1 heterocycles. The van der Waals surface area contributed by atoms with E-state index in [1.165, 1.54) is 30.3 Å². The fraction of sp³-hybridized carbons (Fsp3) is 0. The fourth-order valence-electron chi connectivity index (χ4n) is 3.95. The van der Waals surface area contributed by atoms with Gasteiger partial charge in [-0.15, -0.1) is 0 Å². The molecule has 12 heteroatoms. The van der Waals surface area contributed by atoms with E-state index in [-0.39, 0.29) is 21.2 Å². The number of carbonyl (C=O) groups is 3. The molecule has 0 saturated heterocycles. The van der Waals surface area contributed by atoms with Gasteiger partial charge in [-0.2, -0.15) is 0 Å². The maximum Gasteiger partial charge on any atom is 0.283 e. The monoisotopic (exact) mass is 588 g/mol. The summed E-state index contributed by atoms with van der Waals surface area (Å²) in [7, 11) is -3.86. The van der Waals surface area contributed by atoms with Crippen molar-refractivity contribution in [3.63, 3.8) is 0 Å². The normalized spacial score (nSPS) is 13.4. The lowest BCUT2D eigenvalue weighted by Crippen LogP contribution is -2.32. The first-order valence-electron chi connectivity index (χ1n) is 12.0. The zero-order chi connectivity index (χ0) is 29.1. The number of nitrogens with zero attached hydrogens (tertiary/aromatic N) is 1. The lowest BCUT2D eigenvalue weighted by molar-refractivity contribution is -0.120. The third-order valence-corrected chi connectivity index (χ3v) is 7.22. The quantitative estimate of drug-likeness (QED) is 0.250. The summed E-state index contributed by atoms with van der Waals surface area (Å²) in [5.41, 5.74) is 1.07. The molecule has 0 atom stereocenters. The van der Waals surface area contributed by atoms with Gasteiger partial charge in [-0.1, -0.05) is 35.9 Å². The topological polar surface area (TPSA) is 148 Å². The van der Waals surface area contributed by atoms with E-state index in [4.69, 9.17) is 21.5 Å². The Kier molecular flexibility index (Phi) is 7.58. The van der Waals surface area contributed by atoms with E-state index in [1.54, 1.807) is 54.6 Å². The van der Waals surface area contributed by atoms with E-state index >= 15 is 0 Å². The minimum absolute atomic E-state index is 0.0897. The number of hydrogen-bond donors (Lipinski definition) is 3. The molecule has 4 aromatic rings. The van der Waals surface area contributed by atoms with Crippen LogP contribution >= 0.6 is 11.6 Å². The number of nitrogens with two attached hydrogens (primary N) is 1. The van der Waals surface area contributed by atoms with Gasteiger partial charge in [0.05, 0.1) is 10.6 Å². The van der Waals surface area contributed by atoms with Crippen molar-refractivity contribution in [3.05, 3.63) is 119 Å². The highest BCUT2D eigenvalue weighted by atomic mass is 35.5. The van der Waals surface area contributed by atoms with Gasteiger partial charge >= 0.3 is 0 Å². The first-order chi connectivity index (χ1) is 19.6. The lowest BCUT2D eigenvalue weighted by atomic mass is 10.1. The maximum atomic E-state index is 13.2. The van der Waals surface area contributed by atoms with Crippen LogP contribution in [0.5, 0.6) is 11.5 Å². The number of benzene rings is 4. The average Bonchev–Trinajstić information content (AvgIpc) is 3.17. The van der Waals surface area contributed by atoms with Crippen LogP contribution in [0, 0.1) is 0 Å². The standard InChI is InChI=1S/C29H21ClN4O6S/c30-25-26(29(37)34(28(25)36)21-11-13-23(14-12-21)40-22-7-2-1-3-8-22)32-20-6-4-5-18(17-20)27(35)33-19-9-15-24(16-10-19)41(31,38)39/h1-17,32H,(H,33,35)(H2,31,38,39). The first-order valence-corrected chi connectivity index (χ1v) is 14.0. The van der Waals surface area contributed by atoms with Crippen LogP contribution in [0.4, 0.5) is 17.1 Å². The second-order valence-corrected chi connectivity index (χ2v) is 10.7. The van der Waals surface area contributed by atoms with Gasteiger partial charge in [0.2, 0.25) is 10.0 Å². The number of carbonyl (C=O) groups excluding carboxylic acids is 3. The Balaban J connectivity index is 1.28. The summed E-state index contributed by atoms with van der Waals surface area (Å²) < 4.78 is 28.6. The third-order valence-electron chi connectivity index (χ3n) is 5.94. The van der Waals surface area contributed by atoms with Crippen molar-refractivity contribution >= 4 is 56.4 Å². The minimum atomic E-state index is -3.86. The third kappa shape index (κ3) is 6.12. The van der Waals surface area contributed by atoms with E-state index in [1.807, 2.05) is 18.2 Å². The Morgan fingerprint density at radius 2 is 1.44 bits per heavy atom. The summed E-state index contributed by atoms with van der Waals surface area (Å²) in [6, 6.07) is 27.1. The Morgan fingerprint density at radius 3 is 2.10 bits per heavy atom. The fourth-order valence-corrected chi connectivity index (χ4v) is 4.68. The van der Waals surface area contributed by atoms with Crippen molar-refractivity contribution in [3.8, 4) is 11.5 Å². The summed E-state index contributed by atoms with van der Waals surface area (Å²) in [5, 5.41) is 10.3.